The molecule has 1 aromatic rings. The minimum Gasteiger partial charge on any atom is -0.356 e. The molecule has 0 atom stereocenters. The van der Waals surface area contributed by atoms with E-state index >= 15 is 0 Å². The van der Waals surface area contributed by atoms with Crippen molar-refractivity contribution in [2.24, 2.45) is 4.99 Å². The highest BCUT2D eigenvalue weighted by Gasteiger charge is 1.97. The summed E-state index contributed by atoms with van der Waals surface area (Å²) in [5.74, 6) is 0.524. The molecule has 86 valence electrons. The quantitative estimate of drug-likeness (QED) is 0.264. The average Bonchev–Trinajstić information content (AvgIpc) is 2.80. The van der Waals surface area contributed by atoms with Crippen molar-refractivity contribution >= 4 is 17.5 Å². The summed E-state index contributed by atoms with van der Waals surface area (Å²) in [4.78, 5) is 3.89. The Hall–Kier alpha value is -1.61. The van der Waals surface area contributed by atoms with Crippen molar-refractivity contribution in [3.05, 3.63) is 17.1 Å². The summed E-state index contributed by atoms with van der Waals surface area (Å²) in [7, 11) is 1.64. The van der Waals surface area contributed by atoms with Crippen LogP contribution < -0.4 is 10.6 Å². The molecule has 6 heteroatoms. The summed E-state index contributed by atoms with van der Waals surface area (Å²) in [6, 6.07) is 2.05. The van der Waals surface area contributed by atoms with Crippen LogP contribution in [0.15, 0.2) is 16.4 Å². The van der Waals surface area contributed by atoms with Gasteiger partial charge in [0.1, 0.15) is 0 Å². The predicted molar refractivity (Wildman–Crippen MR) is 65.2 cm³/mol. The molecule has 0 bridgehead atoms. The van der Waals surface area contributed by atoms with Crippen LogP contribution in [0.3, 0.4) is 0 Å². The van der Waals surface area contributed by atoms with Gasteiger partial charge in [-0.3, -0.25) is 10.3 Å². The number of aliphatic imine (C=N–C) groups is 1. The summed E-state index contributed by atoms with van der Waals surface area (Å²) in [6.07, 6.45) is 4.95. The zero-order valence-corrected chi connectivity index (χ0v) is 10.0. The zero-order valence-electron chi connectivity index (χ0n) is 9.23. The zero-order chi connectivity index (χ0) is 11.6. The molecule has 16 heavy (non-hydrogen) atoms. The van der Waals surface area contributed by atoms with Crippen molar-refractivity contribution in [2.75, 3.05) is 13.6 Å². The van der Waals surface area contributed by atoms with Crippen LogP contribution in [-0.4, -0.2) is 23.9 Å². The molecule has 0 unspecified atom stereocenters. The largest absolute Gasteiger partial charge is 0.356 e. The lowest BCUT2D eigenvalue weighted by atomic mass is 10.2. The van der Waals surface area contributed by atoms with Crippen LogP contribution in [0.4, 0.5) is 0 Å². The third-order valence-electron chi connectivity index (χ3n) is 2.04. The number of nitrogens with zero attached hydrogens (tertiary/aromatic N) is 3. The molecule has 5 nitrogen and oxygen atoms in total. The molecule has 0 fully saturated rings. The lowest BCUT2D eigenvalue weighted by molar-refractivity contribution is 0.698. The molecular formula is C10H15N5S. The van der Waals surface area contributed by atoms with E-state index in [0.717, 1.165) is 31.5 Å². The van der Waals surface area contributed by atoms with E-state index in [9.17, 15) is 0 Å². The van der Waals surface area contributed by atoms with Crippen molar-refractivity contribution in [3.63, 3.8) is 0 Å². The molecule has 0 aliphatic heterocycles. The van der Waals surface area contributed by atoms with Gasteiger partial charge in [0.2, 0.25) is 5.96 Å². The van der Waals surface area contributed by atoms with E-state index in [1.165, 1.54) is 11.5 Å². The lowest BCUT2D eigenvalue weighted by Gasteiger charge is -2.05. The van der Waals surface area contributed by atoms with E-state index in [0.29, 0.717) is 5.96 Å². The molecule has 2 N–H and O–H groups in total. The first-order valence-electron chi connectivity index (χ1n) is 5.12. The maximum atomic E-state index is 8.41. The van der Waals surface area contributed by atoms with Gasteiger partial charge >= 0.3 is 0 Å². The first kappa shape index (κ1) is 12.5. The second-order valence-corrected chi connectivity index (χ2v) is 3.85. The Kier molecular flexibility index (Phi) is 5.96. The van der Waals surface area contributed by atoms with E-state index in [2.05, 4.69) is 20.0 Å². The predicted octanol–water partition coefficient (Wildman–Crippen LogP) is 1.11. The number of unbranched alkanes of at least 4 members (excludes halogenated alkanes) is 1. The molecule has 0 radical (unpaired) electrons. The summed E-state index contributed by atoms with van der Waals surface area (Å²) in [6.45, 7) is 0.811. The normalized spacial score (nSPS) is 10.9. The maximum absolute atomic E-state index is 8.41. The molecule has 1 heterocycles. The van der Waals surface area contributed by atoms with Crippen LogP contribution in [0.1, 0.15) is 18.5 Å². The van der Waals surface area contributed by atoms with Gasteiger partial charge in [0, 0.05) is 19.0 Å². The van der Waals surface area contributed by atoms with Gasteiger partial charge in [0.15, 0.2) is 6.19 Å². The number of guanidine groups is 1. The molecule has 0 saturated heterocycles. The highest BCUT2D eigenvalue weighted by atomic mass is 32.1. The van der Waals surface area contributed by atoms with Crippen LogP contribution in [0, 0.1) is 11.5 Å². The topological polar surface area (TPSA) is 73.1 Å². The van der Waals surface area contributed by atoms with Crippen LogP contribution in [0.25, 0.3) is 0 Å². The van der Waals surface area contributed by atoms with Crippen LogP contribution in [0.5, 0.6) is 0 Å². The standard InChI is InChI=1S/C10H15N5S/c1-12-10(14-8-11)13-6-3-2-4-9-5-7-16-15-9/h5,7H,2-4,6H2,1H3,(H2,12,13,14). The van der Waals surface area contributed by atoms with Crippen molar-refractivity contribution < 1.29 is 0 Å². The fraction of sp³-hybridized carbons (Fsp3) is 0.500. The van der Waals surface area contributed by atoms with E-state index in [4.69, 9.17) is 5.26 Å². The third kappa shape index (κ3) is 4.75. The van der Waals surface area contributed by atoms with Crippen molar-refractivity contribution in [1.82, 2.24) is 15.0 Å². The molecule has 0 aliphatic rings. The molecule has 1 aromatic heterocycles. The van der Waals surface area contributed by atoms with Gasteiger partial charge in [0.05, 0.1) is 5.69 Å². The van der Waals surface area contributed by atoms with Gasteiger partial charge in [-0.1, -0.05) is 0 Å². The van der Waals surface area contributed by atoms with Gasteiger partial charge in [-0.25, -0.2) is 0 Å². The van der Waals surface area contributed by atoms with Crippen molar-refractivity contribution in [2.45, 2.75) is 19.3 Å². The maximum Gasteiger partial charge on any atom is 0.204 e. The van der Waals surface area contributed by atoms with Crippen molar-refractivity contribution in [3.8, 4) is 6.19 Å². The Balaban J connectivity index is 2.06. The molecule has 0 spiro atoms. The molecule has 0 aromatic carbocycles. The average molecular weight is 237 g/mol. The Morgan fingerprint density at radius 2 is 2.50 bits per heavy atom. The second kappa shape index (κ2) is 7.65. The molecule has 0 amide bonds. The van der Waals surface area contributed by atoms with E-state index in [-0.39, 0.29) is 0 Å². The molecule has 0 aliphatic carbocycles. The van der Waals surface area contributed by atoms with Crippen LogP contribution in [0.2, 0.25) is 0 Å². The van der Waals surface area contributed by atoms with E-state index in [1.807, 2.05) is 17.6 Å². The third-order valence-corrected chi connectivity index (χ3v) is 2.64. The SMILES string of the molecule is CN=C(NC#N)NCCCCc1ccsn1. The summed E-state index contributed by atoms with van der Waals surface area (Å²) in [5, 5.41) is 15.9. The summed E-state index contributed by atoms with van der Waals surface area (Å²) in [5.41, 5.74) is 1.16. The van der Waals surface area contributed by atoms with Crippen LogP contribution in [-0.2, 0) is 6.42 Å². The number of hydrogen-bond acceptors (Lipinski definition) is 4. The second-order valence-electron chi connectivity index (χ2n) is 3.18. The number of nitriles is 1. The minimum absolute atomic E-state index is 0.524. The van der Waals surface area contributed by atoms with Crippen LogP contribution >= 0.6 is 11.5 Å². The van der Waals surface area contributed by atoms with E-state index < -0.39 is 0 Å². The Bertz CT molecular complexity index is 352. The number of aromatic nitrogens is 1. The smallest absolute Gasteiger partial charge is 0.204 e. The van der Waals surface area contributed by atoms with Gasteiger partial charge in [-0.15, -0.1) is 0 Å². The first-order valence-corrected chi connectivity index (χ1v) is 5.95. The Morgan fingerprint density at radius 3 is 3.12 bits per heavy atom. The highest BCUT2D eigenvalue weighted by Crippen LogP contribution is 2.04. The van der Waals surface area contributed by atoms with Gasteiger partial charge in [-0.2, -0.15) is 9.64 Å². The molecular weight excluding hydrogens is 222 g/mol. The summed E-state index contributed by atoms with van der Waals surface area (Å²) >= 11 is 1.49. The molecule has 0 saturated carbocycles. The monoisotopic (exact) mass is 237 g/mol. The first-order chi connectivity index (χ1) is 7.86. The van der Waals surface area contributed by atoms with Crippen molar-refractivity contribution in [1.29, 1.82) is 5.26 Å². The summed E-state index contributed by atoms with van der Waals surface area (Å²) < 4.78 is 4.24. The number of rotatable bonds is 5. The number of hydrogen-bond donors (Lipinski definition) is 2. The van der Waals surface area contributed by atoms with Gasteiger partial charge in [-0.05, 0) is 36.9 Å². The van der Waals surface area contributed by atoms with E-state index in [1.54, 1.807) is 7.05 Å². The highest BCUT2D eigenvalue weighted by molar-refractivity contribution is 7.03. The number of nitrogens with one attached hydrogen (secondary N) is 2. The Labute approximate surface area is 99.4 Å². The molecule has 1 rings (SSSR count). The van der Waals surface area contributed by atoms with Gasteiger partial charge < -0.3 is 5.32 Å². The fourth-order valence-corrected chi connectivity index (χ4v) is 1.80. The fourth-order valence-electron chi connectivity index (χ4n) is 1.24. The van der Waals surface area contributed by atoms with Gasteiger partial charge in [0.25, 0.3) is 0 Å². The number of aryl methyl sites for hydroxylation is 1. The Morgan fingerprint density at radius 1 is 1.62 bits per heavy atom. The minimum atomic E-state index is 0.524. The lowest BCUT2D eigenvalue weighted by Crippen LogP contribution is -2.34.